The number of alkyl halides is 3. The summed E-state index contributed by atoms with van der Waals surface area (Å²) in [5.41, 5.74) is 0.757. The van der Waals surface area contributed by atoms with E-state index < -0.39 is 11.7 Å². The molecule has 1 aliphatic rings. The zero-order valence-electron chi connectivity index (χ0n) is 12.6. The first-order valence-corrected chi connectivity index (χ1v) is 7.89. The summed E-state index contributed by atoms with van der Waals surface area (Å²) < 4.78 is 38.3. The summed E-state index contributed by atoms with van der Waals surface area (Å²) >= 11 is 1.29. The van der Waals surface area contributed by atoms with Crippen LogP contribution in [0.2, 0.25) is 0 Å². The second kappa shape index (κ2) is 6.24. The molecule has 0 bridgehead atoms. The maximum atomic E-state index is 12.8. The number of nitrogens with one attached hydrogen (secondary N) is 2. The summed E-state index contributed by atoms with van der Waals surface area (Å²) in [7, 11) is 0. The first-order valence-electron chi connectivity index (χ1n) is 7.08. The maximum Gasteiger partial charge on any atom is 0.416 e. The molecular weight excluding hydrogens is 337 g/mol. The molecule has 0 saturated heterocycles. The Bertz CT molecular complexity index is 831. The molecule has 0 aromatic heterocycles. The van der Waals surface area contributed by atoms with Crippen molar-refractivity contribution in [3.05, 3.63) is 64.7 Å². The van der Waals surface area contributed by atoms with E-state index in [0.717, 1.165) is 22.7 Å². The summed E-state index contributed by atoms with van der Waals surface area (Å²) in [5.74, 6) is -0.282. The molecule has 0 fully saturated rings. The zero-order valence-corrected chi connectivity index (χ0v) is 13.4. The van der Waals surface area contributed by atoms with E-state index in [-0.39, 0.29) is 11.6 Å². The predicted octanol–water partition coefficient (Wildman–Crippen LogP) is 5.09. The van der Waals surface area contributed by atoms with E-state index in [1.54, 1.807) is 13.0 Å². The van der Waals surface area contributed by atoms with Crippen LogP contribution in [0.3, 0.4) is 0 Å². The fraction of sp³-hybridized carbons (Fsp3) is 0.118. The van der Waals surface area contributed by atoms with Gasteiger partial charge in [-0.2, -0.15) is 13.2 Å². The molecule has 3 nitrogen and oxygen atoms in total. The molecule has 1 amide bonds. The van der Waals surface area contributed by atoms with Crippen LogP contribution >= 0.6 is 11.8 Å². The minimum atomic E-state index is -4.41. The van der Waals surface area contributed by atoms with Crippen molar-refractivity contribution in [2.75, 3.05) is 10.6 Å². The Morgan fingerprint density at radius 2 is 1.88 bits per heavy atom. The number of hydrogen-bond donors (Lipinski definition) is 2. The highest BCUT2D eigenvalue weighted by Crippen LogP contribution is 2.39. The Morgan fingerprint density at radius 3 is 2.62 bits per heavy atom. The highest BCUT2D eigenvalue weighted by Gasteiger charge is 2.30. The normalized spacial score (nSPS) is 16.2. The Labute approximate surface area is 140 Å². The molecule has 2 N–H and O–H groups in total. The van der Waals surface area contributed by atoms with Crippen molar-refractivity contribution in [1.29, 1.82) is 0 Å². The minimum Gasteiger partial charge on any atom is -0.358 e. The molecule has 0 spiro atoms. The Balaban J connectivity index is 1.88. The number of thioether (sulfide) groups is 1. The predicted molar refractivity (Wildman–Crippen MR) is 88.7 cm³/mol. The molecule has 3 rings (SSSR count). The topological polar surface area (TPSA) is 41.1 Å². The van der Waals surface area contributed by atoms with Gasteiger partial charge in [0.15, 0.2) is 0 Å². The van der Waals surface area contributed by atoms with Crippen LogP contribution in [0.15, 0.2) is 64.0 Å². The molecule has 0 atom stereocenters. The van der Waals surface area contributed by atoms with Gasteiger partial charge in [0.05, 0.1) is 16.2 Å². The number of rotatable bonds is 2. The number of fused-ring (bicyclic) bond motifs is 1. The standard InChI is InChI=1S/C17H13F3N2OS/c1-10(21-12-6-4-5-11(9-12)17(18,19)20)15-16(23)22-13-7-2-3-8-14(13)24-15/h2-9,21H,1H3,(H,22,23)/b15-10+. The number of amides is 1. The van der Waals surface area contributed by atoms with Gasteiger partial charge in [0, 0.05) is 16.3 Å². The number of halogens is 3. The monoisotopic (exact) mass is 350 g/mol. The van der Waals surface area contributed by atoms with Crippen LogP contribution in [0.5, 0.6) is 0 Å². The second-order valence-corrected chi connectivity index (χ2v) is 6.26. The third kappa shape index (κ3) is 3.41. The third-order valence-corrected chi connectivity index (χ3v) is 4.69. The molecule has 0 unspecified atom stereocenters. The molecule has 2 aromatic rings. The lowest BCUT2D eigenvalue weighted by atomic mass is 10.2. The van der Waals surface area contributed by atoms with Crippen molar-refractivity contribution in [1.82, 2.24) is 0 Å². The number of anilines is 2. The number of allylic oxidation sites excluding steroid dienone is 1. The van der Waals surface area contributed by atoms with Gasteiger partial charge in [-0.05, 0) is 37.3 Å². The van der Waals surface area contributed by atoms with Gasteiger partial charge in [-0.1, -0.05) is 30.0 Å². The van der Waals surface area contributed by atoms with Gasteiger partial charge in [-0.15, -0.1) is 0 Å². The lowest BCUT2D eigenvalue weighted by molar-refractivity contribution is -0.137. The number of hydrogen-bond acceptors (Lipinski definition) is 3. The number of para-hydroxylation sites is 1. The first kappa shape index (κ1) is 16.4. The van der Waals surface area contributed by atoms with Crippen molar-refractivity contribution in [2.24, 2.45) is 0 Å². The molecule has 0 saturated carbocycles. The molecule has 24 heavy (non-hydrogen) atoms. The fourth-order valence-corrected chi connectivity index (χ4v) is 3.23. The van der Waals surface area contributed by atoms with Gasteiger partial charge < -0.3 is 10.6 Å². The van der Waals surface area contributed by atoms with Crippen LogP contribution < -0.4 is 10.6 Å². The summed E-state index contributed by atoms with van der Waals surface area (Å²) in [5, 5.41) is 5.66. The average molecular weight is 350 g/mol. The molecule has 0 radical (unpaired) electrons. The van der Waals surface area contributed by atoms with Gasteiger partial charge in [-0.3, -0.25) is 4.79 Å². The highest BCUT2D eigenvalue weighted by molar-refractivity contribution is 8.04. The molecule has 2 aromatic carbocycles. The number of carbonyl (C=O) groups excluding carboxylic acids is 1. The van der Waals surface area contributed by atoms with Crippen molar-refractivity contribution < 1.29 is 18.0 Å². The molecule has 7 heteroatoms. The highest BCUT2D eigenvalue weighted by atomic mass is 32.2. The Hall–Kier alpha value is -2.41. The summed E-state index contributed by atoms with van der Waals surface area (Å²) in [6, 6.07) is 12.2. The Kier molecular flexibility index (Phi) is 4.28. The number of carbonyl (C=O) groups is 1. The quantitative estimate of drug-likeness (QED) is 0.741. The van der Waals surface area contributed by atoms with Crippen LogP contribution in [-0.4, -0.2) is 5.91 Å². The summed E-state index contributed by atoms with van der Waals surface area (Å²) in [4.78, 5) is 13.5. The smallest absolute Gasteiger partial charge is 0.358 e. The largest absolute Gasteiger partial charge is 0.416 e. The van der Waals surface area contributed by atoms with Gasteiger partial charge in [0.25, 0.3) is 5.91 Å². The van der Waals surface area contributed by atoms with Crippen LogP contribution in [0.25, 0.3) is 0 Å². The van der Waals surface area contributed by atoms with E-state index in [1.807, 2.05) is 18.2 Å². The molecule has 1 aliphatic heterocycles. The first-order chi connectivity index (χ1) is 11.3. The van der Waals surface area contributed by atoms with E-state index in [4.69, 9.17) is 0 Å². The average Bonchev–Trinajstić information content (AvgIpc) is 2.53. The van der Waals surface area contributed by atoms with Crippen molar-refractivity contribution in [2.45, 2.75) is 18.0 Å². The lowest BCUT2D eigenvalue weighted by Gasteiger charge is -2.21. The van der Waals surface area contributed by atoms with Gasteiger partial charge in [-0.25, -0.2) is 0 Å². The van der Waals surface area contributed by atoms with Crippen molar-refractivity contribution in [3.8, 4) is 0 Å². The van der Waals surface area contributed by atoms with Crippen LogP contribution in [0.4, 0.5) is 24.5 Å². The molecule has 124 valence electrons. The summed E-state index contributed by atoms with van der Waals surface area (Å²) in [6.07, 6.45) is -4.41. The maximum absolute atomic E-state index is 12.8. The van der Waals surface area contributed by atoms with Crippen molar-refractivity contribution >= 4 is 29.0 Å². The Morgan fingerprint density at radius 1 is 1.12 bits per heavy atom. The minimum absolute atomic E-state index is 0.280. The van der Waals surface area contributed by atoms with Crippen LogP contribution in [-0.2, 0) is 11.0 Å². The van der Waals surface area contributed by atoms with Crippen LogP contribution in [0.1, 0.15) is 12.5 Å². The molecule has 0 aliphatic carbocycles. The van der Waals surface area contributed by atoms with Gasteiger partial charge >= 0.3 is 6.18 Å². The van der Waals surface area contributed by atoms with Crippen LogP contribution in [0, 0.1) is 0 Å². The van der Waals surface area contributed by atoms with E-state index in [1.165, 1.54) is 23.9 Å². The molecule has 1 heterocycles. The van der Waals surface area contributed by atoms with E-state index in [2.05, 4.69) is 10.6 Å². The fourth-order valence-electron chi connectivity index (χ4n) is 2.29. The van der Waals surface area contributed by atoms with E-state index >= 15 is 0 Å². The number of benzene rings is 2. The van der Waals surface area contributed by atoms with Crippen molar-refractivity contribution in [3.63, 3.8) is 0 Å². The SMILES string of the molecule is C/C(Nc1cccc(C(F)(F)F)c1)=C1\Sc2ccccc2NC1=O. The second-order valence-electron chi connectivity index (χ2n) is 5.21. The zero-order chi connectivity index (χ0) is 17.3. The van der Waals surface area contributed by atoms with Gasteiger partial charge in [0.2, 0.25) is 0 Å². The lowest BCUT2D eigenvalue weighted by Crippen LogP contribution is -2.20. The van der Waals surface area contributed by atoms with E-state index in [9.17, 15) is 18.0 Å². The van der Waals surface area contributed by atoms with Gasteiger partial charge in [0.1, 0.15) is 0 Å². The molecular formula is C17H13F3N2OS. The third-order valence-electron chi connectivity index (χ3n) is 3.42. The summed E-state index contributed by atoms with van der Waals surface area (Å²) in [6.45, 7) is 1.66. The van der Waals surface area contributed by atoms with E-state index in [0.29, 0.717) is 10.6 Å².